The minimum Gasteiger partial charge on any atom is -0.484 e. The van der Waals surface area contributed by atoms with Crippen molar-refractivity contribution in [3.63, 3.8) is 0 Å². The zero-order chi connectivity index (χ0) is 20.1. The quantitative estimate of drug-likeness (QED) is 0.629. The number of carbonyl (C=O) groups excluding carboxylic acids is 2. The number of amides is 1. The van der Waals surface area contributed by atoms with E-state index in [0.29, 0.717) is 23.4 Å². The Morgan fingerprint density at radius 3 is 2.43 bits per heavy atom. The lowest BCUT2D eigenvalue weighted by Crippen LogP contribution is -2.21. The van der Waals surface area contributed by atoms with Crippen LogP contribution in [0.1, 0.15) is 35.1 Å². The van der Waals surface area contributed by atoms with Gasteiger partial charge in [-0.1, -0.05) is 19.1 Å². The summed E-state index contributed by atoms with van der Waals surface area (Å²) in [4.78, 5) is 24.0. The van der Waals surface area contributed by atoms with E-state index >= 15 is 0 Å². The average Bonchev–Trinajstić information content (AvgIpc) is 3.04. The van der Waals surface area contributed by atoms with E-state index in [1.807, 2.05) is 51.1 Å². The predicted octanol–water partition coefficient (Wildman–Crippen LogP) is 4.10. The molecule has 144 valence electrons. The molecule has 0 radical (unpaired) electrons. The molecule has 28 heavy (non-hydrogen) atoms. The Morgan fingerprint density at radius 1 is 1.07 bits per heavy atom. The van der Waals surface area contributed by atoms with Gasteiger partial charge in [-0.2, -0.15) is 5.10 Å². The smallest absolute Gasteiger partial charge is 0.262 e. The van der Waals surface area contributed by atoms with Crippen molar-refractivity contribution in [3.05, 3.63) is 71.5 Å². The first-order chi connectivity index (χ1) is 13.5. The van der Waals surface area contributed by atoms with Gasteiger partial charge in [0.2, 0.25) is 0 Å². The van der Waals surface area contributed by atoms with Gasteiger partial charge in [-0.05, 0) is 56.3 Å². The molecular weight excluding hydrogens is 354 g/mol. The van der Waals surface area contributed by atoms with Crippen molar-refractivity contribution in [2.24, 2.45) is 0 Å². The number of anilines is 1. The predicted molar refractivity (Wildman–Crippen MR) is 108 cm³/mol. The fraction of sp³-hybridized carbons (Fsp3) is 0.227. The maximum absolute atomic E-state index is 12.4. The van der Waals surface area contributed by atoms with E-state index in [-0.39, 0.29) is 18.3 Å². The van der Waals surface area contributed by atoms with Crippen LogP contribution in [0.2, 0.25) is 0 Å². The second-order valence-electron chi connectivity index (χ2n) is 6.49. The van der Waals surface area contributed by atoms with Crippen LogP contribution in [0.15, 0.2) is 54.6 Å². The van der Waals surface area contributed by atoms with Gasteiger partial charge in [0.1, 0.15) is 5.75 Å². The number of hydrogen-bond acceptors (Lipinski definition) is 4. The summed E-state index contributed by atoms with van der Waals surface area (Å²) in [6, 6.07) is 16.3. The van der Waals surface area contributed by atoms with Crippen molar-refractivity contribution in [3.8, 4) is 11.4 Å². The number of para-hydroxylation sites is 2. The fourth-order valence-corrected chi connectivity index (χ4v) is 2.91. The third-order valence-corrected chi connectivity index (χ3v) is 4.28. The number of carbonyl (C=O) groups is 2. The summed E-state index contributed by atoms with van der Waals surface area (Å²) in [6.07, 6.45) is 0.456. The van der Waals surface area contributed by atoms with Crippen LogP contribution in [0.25, 0.3) is 5.69 Å². The van der Waals surface area contributed by atoms with Gasteiger partial charge in [0.25, 0.3) is 5.91 Å². The summed E-state index contributed by atoms with van der Waals surface area (Å²) in [5.74, 6) is 0.336. The molecule has 6 heteroatoms. The molecule has 0 atom stereocenters. The molecule has 0 aliphatic rings. The van der Waals surface area contributed by atoms with Crippen molar-refractivity contribution < 1.29 is 14.3 Å². The van der Waals surface area contributed by atoms with Gasteiger partial charge in [0.05, 0.1) is 17.1 Å². The lowest BCUT2D eigenvalue weighted by atomic mass is 10.1. The Bertz CT molecular complexity index is 991. The molecule has 0 aliphatic heterocycles. The molecule has 1 aromatic heterocycles. The average molecular weight is 377 g/mol. The first-order valence-electron chi connectivity index (χ1n) is 9.16. The van der Waals surface area contributed by atoms with E-state index < -0.39 is 0 Å². The highest BCUT2D eigenvalue weighted by Crippen LogP contribution is 2.21. The van der Waals surface area contributed by atoms with E-state index in [2.05, 4.69) is 10.4 Å². The molecule has 0 fully saturated rings. The molecule has 0 unspecified atom stereocenters. The lowest BCUT2D eigenvalue weighted by molar-refractivity contribution is -0.118. The number of aryl methyl sites for hydroxylation is 2. The summed E-state index contributed by atoms with van der Waals surface area (Å²) in [7, 11) is 0. The third-order valence-electron chi connectivity index (χ3n) is 4.28. The van der Waals surface area contributed by atoms with Gasteiger partial charge in [0, 0.05) is 17.7 Å². The molecule has 0 spiro atoms. The van der Waals surface area contributed by atoms with Gasteiger partial charge < -0.3 is 10.1 Å². The highest BCUT2D eigenvalue weighted by molar-refractivity contribution is 5.96. The second-order valence-corrected chi connectivity index (χ2v) is 6.49. The summed E-state index contributed by atoms with van der Waals surface area (Å²) in [5.41, 5.74) is 3.98. The standard InChI is InChI=1S/C22H23N3O3/c1-4-21(26)17-9-11-18(12-10-17)28-14-22(27)23-19-7-5-6-8-20(19)25-16(3)13-15(2)24-25/h5-13H,4,14H2,1-3H3,(H,23,27). The van der Waals surface area contributed by atoms with Gasteiger partial charge in [-0.15, -0.1) is 0 Å². The number of ether oxygens (including phenoxy) is 1. The highest BCUT2D eigenvalue weighted by Gasteiger charge is 2.12. The maximum atomic E-state index is 12.4. The summed E-state index contributed by atoms with van der Waals surface area (Å²) < 4.78 is 7.34. The maximum Gasteiger partial charge on any atom is 0.262 e. The number of hydrogen-bond donors (Lipinski definition) is 1. The van der Waals surface area contributed by atoms with Crippen molar-refractivity contribution in [1.82, 2.24) is 9.78 Å². The highest BCUT2D eigenvalue weighted by atomic mass is 16.5. The van der Waals surface area contributed by atoms with Crippen LogP contribution in [-0.4, -0.2) is 28.1 Å². The summed E-state index contributed by atoms with van der Waals surface area (Å²) in [5, 5.41) is 7.35. The Morgan fingerprint density at radius 2 is 1.79 bits per heavy atom. The van der Waals surface area contributed by atoms with Crippen LogP contribution in [0.4, 0.5) is 5.69 Å². The number of benzene rings is 2. The number of aromatic nitrogens is 2. The minimum atomic E-state index is -0.275. The van der Waals surface area contributed by atoms with Crippen LogP contribution < -0.4 is 10.1 Å². The van der Waals surface area contributed by atoms with Crippen LogP contribution in [-0.2, 0) is 4.79 Å². The normalized spacial score (nSPS) is 10.5. The molecule has 6 nitrogen and oxygen atoms in total. The zero-order valence-electron chi connectivity index (χ0n) is 16.2. The van der Waals surface area contributed by atoms with Crippen molar-refractivity contribution >= 4 is 17.4 Å². The monoisotopic (exact) mass is 377 g/mol. The van der Waals surface area contributed by atoms with Gasteiger partial charge >= 0.3 is 0 Å². The summed E-state index contributed by atoms with van der Waals surface area (Å²) >= 11 is 0. The van der Waals surface area contributed by atoms with Crippen LogP contribution in [0.3, 0.4) is 0 Å². The van der Waals surface area contributed by atoms with Gasteiger partial charge in [-0.3, -0.25) is 9.59 Å². The Labute approximate surface area is 164 Å². The van der Waals surface area contributed by atoms with Crippen LogP contribution in [0.5, 0.6) is 5.75 Å². The van der Waals surface area contributed by atoms with Gasteiger partial charge in [0.15, 0.2) is 12.4 Å². The zero-order valence-corrected chi connectivity index (χ0v) is 16.2. The largest absolute Gasteiger partial charge is 0.484 e. The number of rotatable bonds is 7. The third kappa shape index (κ3) is 4.46. The molecule has 0 bridgehead atoms. The topological polar surface area (TPSA) is 73.2 Å². The summed E-state index contributed by atoms with van der Waals surface area (Å²) in [6.45, 7) is 5.58. The van der Waals surface area contributed by atoms with E-state index in [9.17, 15) is 9.59 Å². The molecule has 1 heterocycles. The number of nitrogens with zero attached hydrogens (tertiary/aromatic N) is 2. The first kappa shape index (κ1) is 19.4. The molecule has 1 amide bonds. The minimum absolute atomic E-state index is 0.0741. The molecular formula is C22H23N3O3. The fourth-order valence-electron chi connectivity index (χ4n) is 2.91. The molecule has 0 saturated carbocycles. The van der Waals surface area contributed by atoms with Crippen LogP contribution in [0, 0.1) is 13.8 Å². The van der Waals surface area contributed by atoms with Crippen LogP contribution >= 0.6 is 0 Å². The lowest BCUT2D eigenvalue weighted by Gasteiger charge is -2.13. The SMILES string of the molecule is CCC(=O)c1ccc(OCC(=O)Nc2ccccc2-n2nc(C)cc2C)cc1. The number of ketones is 1. The van der Waals surface area contributed by atoms with E-state index in [1.165, 1.54) is 0 Å². The Balaban J connectivity index is 1.66. The second kappa shape index (κ2) is 8.52. The Kier molecular flexibility index (Phi) is 5.89. The molecule has 0 saturated heterocycles. The molecule has 2 aromatic carbocycles. The molecule has 3 rings (SSSR count). The van der Waals surface area contributed by atoms with E-state index in [4.69, 9.17) is 4.74 Å². The molecule has 1 N–H and O–H groups in total. The number of nitrogens with one attached hydrogen (secondary N) is 1. The van der Waals surface area contributed by atoms with Gasteiger partial charge in [-0.25, -0.2) is 4.68 Å². The molecule has 0 aliphatic carbocycles. The van der Waals surface area contributed by atoms with Crippen molar-refractivity contribution in [2.75, 3.05) is 11.9 Å². The number of Topliss-reactive ketones (excluding diaryl/α,β-unsaturated/α-hetero) is 1. The van der Waals surface area contributed by atoms with E-state index in [1.54, 1.807) is 28.9 Å². The van der Waals surface area contributed by atoms with Crippen molar-refractivity contribution in [2.45, 2.75) is 27.2 Å². The van der Waals surface area contributed by atoms with E-state index in [0.717, 1.165) is 17.1 Å². The first-order valence-corrected chi connectivity index (χ1v) is 9.16. The van der Waals surface area contributed by atoms with Crippen molar-refractivity contribution in [1.29, 1.82) is 0 Å². The molecule has 3 aromatic rings. The Hall–Kier alpha value is -3.41.